The maximum atomic E-state index is 6.58. The molecule has 262 valence electrons. The molecule has 3 nitrogen and oxygen atoms in total. The molecule has 5 heteroatoms. The van der Waals surface area contributed by atoms with Gasteiger partial charge in [-0.3, -0.25) is 0 Å². The Morgan fingerprint density at radius 3 is 1.48 bits per heavy atom. The highest BCUT2D eigenvalue weighted by molar-refractivity contribution is 7.22. The van der Waals surface area contributed by atoms with Crippen LogP contribution in [0.3, 0.4) is 0 Å². The predicted octanol–water partition coefficient (Wildman–Crippen LogP) is 14.0. The van der Waals surface area contributed by atoms with Crippen molar-refractivity contribution in [3.8, 4) is 66.0 Å². The van der Waals surface area contributed by atoms with E-state index < -0.39 is 5.41 Å². The van der Waals surface area contributed by atoms with Gasteiger partial charge in [-0.05, 0) is 111 Å². The lowest BCUT2D eigenvalue weighted by atomic mass is 9.66. The summed E-state index contributed by atoms with van der Waals surface area (Å²) in [6.07, 6.45) is 0. The van der Waals surface area contributed by atoms with Crippen LogP contribution in [0.25, 0.3) is 75.0 Å². The van der Waals surface area contributed by atoms with Gasteiger partial charge in [-0.2, -0.15) is 0 Å². The summed E-state index contributed by atoms with van der Waals surface area (Å²) in [5, 5.41) is 2.01. The Bertz CT molecular complexity index is 3010. The van der Waals surface area contributed by atoms with E-state index in [1.54, 1.807) is 22.7 Å². The molecule has 56 heavy (non-hydrogen) atoms. The van der Waals surface area contributed by atoms with Gasteiger partial charge in [0.1, 0.15) is 21.5 Å². The molecule has 0 saturated carbocycles. The number of benzene rings is 8. The molecule has 8 aromatic carbocycles. The molecule has 1 aliphatic heterocycles. The van der Waals surface area contributed by atoms with Crippen LogP contribution in [-0.4, -0.2) is 9.97 Å². The SMILES string of the molecule is c1cc(-c2cc(-c3nc4ccccc4s3)cc(-c3nc4ccccc4s3)c2)cc(-c2ccc3c(c2)C2(c4ccccc4Oc4ccccc42)c2ccccc2-3)c1. The van der Waals surface area contributed by atoms with E-state index in [0.717, 1.165) is 60.4 Å². The molecule has 0 bridgehead atoms. The van der Waals surface area contributed by atoms with Gasteiger partial charge in [-0.1, -0.05) is 115 Å². The fourth-order valence-corrected chi connectivity index (χ4v) is 10.9. The number of ether oxygens (including phenoxy) is 1. The molecular formula is C51H30N2OS2. The maximum absolute atomic E-state index is 6.58. The summed E-state index contributed by atoms with van der Waals surface area (Å²) < 4.78 is 8.95. The number of rotatable bonds is 4. The largest absolute Gasteiger partial charge is 0.457 e. The average molecular weight is 751 g/mol. The Morgan fingerprint density at radius 2 is 0.839 bits per heavy atom. The van der Waals surface area contributed by atoms with Crippen LogP contribution in [0.5, 0.6) is 11.5 Å². The molecular weight excluding hydrogens is 721 g/mol. The Morgan fingerprint density at radius 1 is 0.357 bits per heavy atom. The number of para-hydroxylation sites is 4. The van der Waals surface area contributed by atoms with E-state index in [1.807, 2.05) is 0 Å². The third kappa shape index (κ3) is 4.68. The lowest BCUT2D eigenvalue weighted by Crippen LogP contribution is -2.32. The zero-order valence-corrected chi connectivity index (χ0v) is 31.6. The topological polar surface area (TPSA) is 35.0 Å². The van der Waals surface area contributed by atoms with E-state index in [1.165, 1.54) is 48.3 Å². The molecule has 3 heterocycles. The summed E-state index contributed by atoms with van der Waals surface area (Å²) in [6.45, 7) is 0. The van der Waals surface area contributed by atoms with Gasteiger partial charge in [0.25, 0.3) is 0 Å². The molecule has 1 spiro atoms. The summed E-state index contributed by atoms with van der Waals surface area (Å²) >= 11 is 3.47. The molecule has 0 radical (unpaired) electrons. The van der Waals surface area contributed by atoms with Crippen LogP contribution in [0.1, 0.15) is 22.3 Å². The first-order valence-electron chi connectivity index (χ1n) is 18.8. The number of thiazole rings is 2. The van der Waals surface area contributed by atoms with Crippen LogP contribution in [-0.2, 0) is 5.41 Å². The average Bonchev–Trinajstić information content (AvgIpc) is 3.97. The van der Waals surface area contributed by atoms with Gasteiger partial charge < -0.3 is 4.74 Å². The molecule has 2 aromatic heterocycles. The Labute approximate surface area is 331 Å². The standard InChI is InChI=1S/C51H30N2OS2/c1-2-15-39-37(14-1)38-25-24-33(30-42(38)51(39)40-16-3-7-20-45(40)54-46-21-8-4-17-41(46)51)31-12-11-13-32(26-31)34-27-35(49-52-43-18-5-9-22-47(43)55-49)29-36(28-34)50-53-44-19-6-10-23-48(44)56-50/h1-30H. The minimum absolute atomic E-state index is 0.511. The second kappa shape index (κ2) is 12.2. The molecule has 1 aliphatic carbocycles. The number of hydrogen-bond acceptors (Lipinski definition) is 5. The number of nitrogens with zero attached hydrogens (tertiary/aromatic N) is 2. The van der Waals surface area contributed by atoms with Crippen LogP contribution in [0, 0.1) is 0 Å². The van der Waals surface area contributed by atoms with Crippen LogP contribution in [0.15, 0.2) is 182 Å². The molecule has 0 fully saturated rings. The molecule has 0 N–H and O–H groups in total. The van der Waals surface area contributed by atoms with Crippen molar-refractivity contribution in [1.82, 2.24) is 9.97 Å². The number of fused-ring (bicyclic) bond motifs is 11. The number of hydrogen-bond donors (Lipinski definition) is 0. The first-order chi connectivity index (χ1) is 27.7. The molecule has 2 aliphatic rings. The summed E-state index contributed by atoms with van der Waals surface area (Å²) in [5.74, 6) is 1.80. The fourth-order valence-electron chi connectivity index (χ4n) is 8.94. The van der Waals surface area contributed by atoms with Crippen molar-refractivity contribution in [2.75, 3.05) is 0 Å². The fraction of sp³-hybridized carbons (Fsp3) is 0.0196. The summed E-state index contributed by atoms with van der Waals surface area (Å²) in [7, 11) is 0. The van der Waals surface area contributed by atoms with E-state index >= 15 is 0 Å². The molecule has 0 unspecified atom stereocenters. The van der Waals surface area contributed by atoms with Crippen molar-refractivity contribution in [1.29, 1.82) is 0 Å². The third-order valence-electron chi connectivity index (χ3n) is 11.4. The van der Waals surface area contributed by atoms with E-state index in [2.05, 4.69) is 182 Å². The van der Waals surface area contributed by atoms with Gasteiger partial charge in [-0.15, -0.1) is 22.7 Å². The van der Waals surface area contributed by atoms with Gasteiger partial charge in [0.15, 0.2) is 0 Å². The summed E-state index contributed by atoms with van der Waals surface area (Å²) in [5.41, 5.74) is 15.8. The van der Waals surface area contributed by atoms with Crippen LogP contribution in [0.4, 0.5) is 0 Å². The first-order valence-corrected chi connectivity index (χ1v) is 20.4. The van der Waals surface area contributed by atoms with E-state index in [9.17, 15) is 0 Å². The smallest absolute Gasteiger partial charge is 0.132 e. The van der Waals surface area contributed by atoms with Gasteiger partial charge in [0, 0.05) is 22.3 Å². The van der Waals surface area contributed by atoms with Crippen LogP contribution < -0.4 is 4.74 Å². The Kier molecular flexibility index (Phi) is 6.88. The normalized spacial score (nSPS) is 13.3. The van der Waals surface area contributed by atoms with E-state index in [4.69, 9.17) is 14.7 Å². The van der Waals surface area contributed by atoms with Crippen molar-refractivity contribution in [2.45, 2.75) is 5.41 Å². The highest BCUT2D eigenvalue weighted by atomic mass is 32.1. The third-order valence-corrected chi connectivity index (χ3v) is 13.6. The summed E-state index contributed by atoms with van der Waals surface area (Å²) in [6, 6.07) is 65.6. The van der Waals surface area contributed by atoms with E-state index in [0.29, 0.717) is 0 Å². The minimum Gasteiger partial charge on any atom is -0.457 e. The highest BCUT2D eigenvalue weighted by Gasteiger charge is 2.51. The molecule has 10 aromatic rings. The van der Waals surface area contributed by atoms with Crippen LogP contribution in [0.2, 0.25) is 0 Å². The van der Waals surface area contributed by atoms with Crippen molar-refractivity contribution in [3.05, 3.63) is 204 Å². The maximum Gasteiger partial charge on any atom is 0.132 e. The van der Waals surface area contributed by atoms with Gasteiger partial charge in [0.2, 0.25) is 0 Å². The second-order valence-corrected chi connectivity index (χ2v) is 16.6. The highest BCUT2D eigenvalue weighted by Crippen LogP contribution is 2.62. The van der Waals surface area contributed by atoms with E-state index in [-0.39, 0.29) is 0 Å². The first kappa shape index (κ1) is 31.7. The quantitative estimate of drug-likeness (QED) is 0.180. The molecule has 12 rings (SSSR count). The minimum atomic E-state index is -0.511. The lowest BCUT2D eigenvalue weighted by molar-refractivity contribution is 0.436. The zero-order chi connectivity index (χ0) is 36.8. The molecule has 0 saturated heterocycles. The van der Waals surface area contributed by atoms with Gasteiger partial charge in [-0.25, -0.2) is 9.97 Å². The van der Waals surface area contributed by atoms with Gasteiger partial charge >= 0.3 is 0 Å². The van der Waals surface area contributed by atoms with Crippen LogP contribution >= 0.6 is 22.7 Å². The zero-order valence-electron chi connectivity index (χ0n) is 29.9. The number of aromatic nitrogens is 2. The second-order valence-electron chi connectivity index (χ2n) is 14.5. The Balaban J connectivity index is 1.04. The van der Waals surface area contributed by atoms with Crippen molar-refractivity contribution in [3.63, 3.8) is 0 Å². The van der Waals surface area contributed by atoms with Crippen molar-refractivity contribution >= 4 is 43.1 Å². The molecule has 0 amide bonds. The lowest BCUT2D eigenvalue weighted by Gasteiger charge is -2.39. The van der Waals surface area contributed by atoms with Crippen molar-refractivity contribution < 1.29 is 4.74 Å². The molecule has 0 atom stereocenters. The summed E-state index contributed by atoms with van der Waals surface area (Å²) in [4.78, 5) is 10.2. The Hall–Kier alpha value is -6.66. The van der Waals surface area contributed by atoms with Gasteiger partial charge in [0.05, 0.1) is 25.8 Å². The predicted molar refractivity (Wildman–Crippen MR) is 232 cm³/mol. The monoisotopic (exact) mass is 750 g/mol. The van der Waals surface area contributed by atoms with Crippen molar-refractivity contribution in [2.24, 2.45) is 0 Å².